The van der Waals surface area contributed by atoms with Crippen molar-refractivity contribution >= 4 is 40.0 Å². The number of amides is 1. The van der Waals surface area contributed by atoms with E-state index in [1.807, 2.05) is 24.4 Å². The summed E-state index contributed by atoms with van der Waals surface area (Å²) in [6, 6.07) is 10.8. The minimum absolute atomic E-state index is 0.383. The number of hydrogen-bond acceptors (Lipinski definition) is 4. The van der Waals surface area contributed by atoms with Gasteiger partial charge in [0, 0.05) is 22.7 Å². The zero-order chi connectivity index (χ0) is 17.4. The smallest absolute Gasteiger partial charge is 0.337 e. The summed E-state index contributed by atoms with van der Waals surface area (Å²) < 4.78 is 4.75. The average Bonchev–Trinajstić information content (AvgIpc) is 3.24. The molecule has 0 radical (unpaired) electrons. The lowest BCUT2D eigenvalue weighted by Gasteiger charge is -2.00. The molecule has 0 saturated carbocycles. The minimum Gasteiger partial charge on any atom is -0.465 e. The van der Waals surface area contributed by atoms with E-state index >= 15 is 0 Å². The van der Waals surface area contributed by atoms with Crippen LogP contribution in [0.1, 0.15) is 10.4 Å². The molecule has 0 aliphatic carbocycles. The Morgan fingerprint density at radius 1 is 1.24 bits per heavy atom. The fourth-order valence-electron chi connectivity index (χ4n) is 2.91. The Morgan fingerprint density at radius 2 is 2.12 bits per heavy atom. The zero-order valence-corrected chi connectivity index (χ0v) is 13.3. The standard InChI is InChI=1S/C18H14N4O3/c1-25-18(24)10-5-6-11-12(8-19-15(11)7-10)17-21-14-4-2-3-13(20-9-23)16(14)22-17/h2-9,19H,1H3,(H,20,23)(H,21,22). The molecule has 0 atom stereocenters. The Bertz CT molecular complexity index is 1110. The number of nitrogens with zero attached hydrogens (tertiary/aromatic N) is 1. The molecule has 4 aromatic rings. The molecule has 124 valence electrons. The lowest BCUT2D eigenvalue weighted by Crippen LogP contribution is -2.00. The van der Waals surface area contributed by atoms with Gasteiger partial charge in [0.25, 0.3) is 0 Å². The Balaban J connectivity index is 1.84. The van der Waals surface area contributed by atoms with Crippen molar-refractivity contribution in [3.05, 3.63) is 48.2 Å². The molecule has 4 rings (SSSR count). The van der Waals surface area contributed by atoms with Crippen molar-refractivity contribution in [3.63, 3.8) is 0 Å². The van der Waals surface area contributed by atoms with Crippen molar-refractivity contribution in [1.29, 1.82) is 0 Å². The van der Waals surface area contributed by atoms with Gasteiger partial charge in [0.2, 0.25) is 6.41 Å². The van der Waals surface area contributed by atoms with Gasteiger partial charge in [-0.05, 0) is 24.3 Å². The lowest BCUT2D eigenvalue weighted by atomic mass is 10.1. The highest BCUT2D eigenvalue weighted by atomic mass is 16.5. The number of fused-ring (bicyclic) bond motifs is 2. The number of aromatic nitrogens is 3. The Kier molecular flexibility index (Phi) is 3.46. The molecular weight excluding hydrogens is 320 g/mol. The number of anilines is 1. The van der Waals surface area contributed by atoms with Crippen LogP contribution in [-0.2, 0) is 9.53 Å². The van der Waals surface area contributed by atoms with E-state index in [1.54, 1.807) is 18.2 Å². The van der Waals surface area contributed by atoms with E-state index in [0.29, 0.717) is 29.0 Å². The number of nitrogens with one attached hydrogen (secondary N) is 3. The number of methoxy groups -OCH3 is 1. The van der Waals surface area contributed by atoms with Crippen LogP contribution in [-0.4, -0.2) is 34.4 Å². The van der Waals surface area contributed by atoms with E-state index in [9.17, 15) is 9.59 Å². The first-order valence-corrected chi connectivity index (χ1v) is 7.60. The number of para-hydroxylation sites is 1. The largest absolute Gasteiger partial charge is 0.465 e. The first kappa shape index (κ1) is 14.9. The summed E-state index contributed by atoms with van der Waals surface area (Å²) in [5, 5.41) is 3.58. The molecule has 3 N–H and O–H groups in total. The lowest BCUT2D eigenvalue weighted by molar-refractivity contribution is -0.105. The maximum Gasteiger partial charge on any atom is 0.337 e. The van der Waals surface area contributed by atoms with Gasteiger partial charge < -0.3 is 20.0 Å². The number of esters is 1. The third kappa shape index (κ3) is 2.42. The number of H-pyrrole nitrogens is 2. The molecule has 7 heteroatoms. The van der Waals surface area contributed by atoms with E-state index in [4.69, 9.17) is 4.74 Å². The monoisotopic (exact) mass is 334 g/mol. The minimum atomic E-state index is -0.383. The summed E-state index contributed by atoms with van der Waals surface area (Å²) in [7, 11) is 1.35. The second kappa shape index (κ2) is 5.79. The van der Waals surface area contributed by atoms with Gasteiger partial charge in [-0.1, -0.05) is 12.1 Å². The van der Waals surface area contributed by atoms with E-state index < -0.39 is 0 Å². The maximum absolute atomic E-state index is 11.7. The highest BCUT2D eigenvalue weighted by Crippen LogP contribution is 2.30. The zero-order valence-electron chi connectivity index (χ0n) is 13.3. The number of imidazole rings is 1. The van der Waals surface area contributed by atoms with Crippen molar-refractivity contribution in [3.8, 4) is 11.4 Å². The van der Waals surface area contributed by atoms with E-state index in [0.717, 1.165) is 22.0 Å². The van der Waals surface area contributed by atoms with Crippen LogP contribution < -0.4 is 5.32 Å². The van der Waals surface area contributed by atoms with Crippen molar-refractivity contribution in [2.24, 2.45) is 0 Å². The Labute approximate surface area is 142 Å². The SMILES string of the molecule is COC(=O)c1ccc2c(-c3nc4c(NC=O)cccc4[nH]3)c[nH]c2c1. The molecule has 2 heterocycles. The molecule has 25 heavy (non-hydrogen) atoms. The molecule has 1 amide bonds. The third-order valence-electron chi connectivity index (χ3n) is 4.09. The van der Waals surface area contributed by atoms with Gasteiger partial charge in [0.05, 0.1) is 23.9 Å². The molecule has 7 nitrogen and oxygen atoms in total. The highest BCUT2D eigenvalue weighted by molar-refractivity contribution is 6.01. The molecular formula is C18H14N4O3. The number of carbonyl (C=O) groups excluding carboxylic acids is 2. The predicted octanol–water partition coefficient (Wildman–Crippen LogP) is 3.07. The number of carbonyl (C=O) groups is 2. The summed E-state index contributed by atoms with van der Waals surface area (Å²) in [6.45, 7) is 0. The first-order chi connectivity index (χ1) is 12.2. The summed E-state index contributed by atoms with van der Waals surface area (Å²) in [5.74, 6) is 0.290. The van der Waals surface area contributed by atoms with Gasteiger partial charge in [-0.25, -0.2) is 9.78 Å². The van der Waals surface area contributed by atoms with Crippen LogP contribution in [0.5, 0.6) is 0 Å². The van der Waals surface area contributed by atoms with Gasteiger partial charge in [0.15, 0.2) is 0 Å². The van der Waals surface area contributed by atoms with Gasteiger partial charge in [-0.15, -0.1) is 0 Å². The number of ether oxygens (including phenoxy) is 1. The average molecular weight is 334 g/mol. The Hall–Kier alpha value is -3.61. The molecule has 0 fully saturated rings. The topological polar surface area (TPSA) is 99.9 Å². The van der Waals surface area contributed by atoms with Crippen LogP contribution in [0.15, 0.2) is 42.6 Å². The summed E-state index contributed by atoms with van der Waals surface area (Å²) >= 11 is 0. The van der Waals surface area contributed by atoms with Crippen LogP contribution in [0, 0.1) is 0 Å². The number of aromatic amines is 2. The van der Waals surface area contributed by atoms with E-state index in [1.165, 1.54) is 7.11 Å². The maximum atomic E-state index is 11.7. The third-order valence-corrected chi connectivity index (χ3v) is 4.09. The molecule has 0 spiro atoms. The number of rotatable bonds is 4. The van der Waals surface area contributed by atoms with Crippen LogP contribution in [0.25, 0.3) is 33.3 Å². The number of benzene rings is 2. The fraction of sp³-hybridized carbons (Fsp3) is 0.0556. The molecule has 0 bridgehead atoms. The summed E-state index contributed by atoms with van der Waals surface area (Å²) in [6.07, 6.45) is 2.46. The van der Waals surface area contributed by atoms with Gasteiger partial charge in [-0.3, -0.25) is 4.79 Å². The molecule has 2 aromatic carbocycles. The summed E-state index contributed by atoms with van der Waals surface area (Å²) in [5.41, 5.74) is 4.31. The molecule has 2 aromatic heterocycles. The van der Waals surface area contributed by atoms with Gasteiger partial charge >= 0.3 is 5.97 Å². The Morgan fingerprint density at radius 3 is 2.92 bits per heavy atom. The van der Waals surface area contributed by atoms with E-state index in [2.05, 4.69) is 20.3 Å². The molecule has 0 saturated heterocycles. The molecule has 0 unspecified atom stereocenters. The predicted molar refractivity (Wildman–Crippen MR) is 94.4 cm³/mol. The summed E-state index contributed by atoms with van der Waals surface area (Å²) in [4.78, 5) is 33.4. The van der Waals surface area contributed by atoms with Crippen molar-refractivity contribution in [1.82, 2.24) is 15.0 Å². The van der Waals surface area contributed by atoms with Crippen molar-refractivity contribution in [2.75, 3.05) is 12.4 Å². The normalized spacial score (nSPS) is 10.9. The van der Waals surface area contributed by atoms with Crippen molar-refractivity contribution < 1.29 is 14.3 Å². The van der Waals surface area contributed by atoms with Crippen LogP contribution in [0.4, 0.5) is 5.69 Å². The molecule has 0 aliphatic heterocycles. The van der Waals surface area contributed by atoms with Crippen LogP contribution in [0.3, 0.4) is 0 Å². The van der Waals surface area contributed by atoms with Gasteiger partial charge in [-0.2, -0.15) is 0 Å². The molecule has 0 aliphatic rings. The van der Waals surface area contributed by atoms with E-state index in [-0.39, 0.29) is 5.97 Å². The highest BCUT2D eigenvalue weighted by Gasteiger charge is 2.14. The van der Waals surface area contributed by atoms with Crippen LogP contribution >= 0.6 is 0 Å². The first-order valence-electron chi connectivity index (χ1n) is 7.60. The van der Waals surface area contributed by atoms with Crippen molar-refractivity contribution in [2.45, 2.75) is 0 Å². The second-order valence-electron chi connectivity index (χ2n) is 5.50. The fourth-order valence-corrected chi connectivity index (χ4v) is 2.91. The number of hydrogen-bond donors (Lipinski definition) is 3. The quantitative estimate of drug-likeness (QED) is 0.394. The second-order valence-corrected chi connectivity index (χ2v) is 5.50. The van der Waals surface area contributed by atoms with Gasteiger partial charge in [0.1, 0.15) is 11.3 Å². The van der Waals surface area contributed by atoms with Crippen LogP contribution in [0.2, 0.25) is 0 Å².